The molecule has 0 atom stereocenters. The summed E-state index contributed by atoms with van der Waals surface area (Å²) >= 11 is 5.47. The minimum Gasteiger partial charge on any atom is -0.753 e. The number of pyridine rings is 4. The first kappa shape index (κ1) is 74.2. The van der Waals surface area contributed by atoms with Gasteiger partial charge in [0.05, 0.1) is 39.5 Å². The zero-order chi connectivity index (χ0) is 68.1. The van der Waals surface area contributed by atoms with E-state index < -0.39 is 47.1 Å². The molecule has 0 aliphatic heterocycles. The Morgan fingerprint density at radius 3 is 1.31 bits per heavy atom. The Labute approximate surface area is 556 Å². The molecule has 95 heavy (non-hydrogen) atoms. The van der Waals surface area contributed by atoms with Gasteiger partial charge in [0.15, 0.2) is 0 Å². The van der Waals surface area contributed by atoms with Crippen molar-refractivity contribution in [2.75, 3.05) is 0 Å². The SMILES string of the molecule is CCCCCCc1ccc(/C=C/c2ccnc(-c3cc(C(F)(F)F)n[n-]3)c2)s1.O=CO/C(=C/c1ccnc(-c2cc(/C=C(/OC=O)c3ccc(C(F)(F)F)cc3)cc(-c3cc(/C=C(/OC=O)c4ccc(C(F)(F)F)cc4)ccn3)n2)c1)c1ccc(C(F)(F)F)cc1.[N-]=C=S.[Ru+2]. The average Bonchev–Trinajstić information content (AvgIpc) is 1.11. The van der Waals surface area contributed by atoms with Crippen LogP contribution in [0.2, 0.25) is 0 Å². The van der Waals surface area contributed by atoms with E-state index in [1.54, 1.807) is 29.7 Å². The normalized spacial score (nSPS) is 12.1. The van der Waals surface area contributed by atoms with Crippen molar-refractivity contribution in [1.82, 2.24) is 30.1 Å². The molecule has 6 aromatic heterocycles. The second kappa shape index (κ2) is 34.3. The number of ether oxygens (including phenoxy) is 3. The molecule has 0 saturated carbocycles. The van der Waals surface area contributed by atoms with Gasteiger partial charge in [-0.3, -0.25) is 29.3 Å². The number of nitrogens with zero attached hydrogens (tertiary/aromatic N) is 7. The molecule has 0 spiro atoms. The molecule has 0 bridgehead atoms. The van der Waals surface area contributed by atoms with Gasteiger partial charge in [0.2, 0.25) is 0 Å². The minimum absolute atomic E-state index is 0. The number of thiocarbonyl (C=S) groups is 1. The molecule has 0 radical (unpaired) electrons. The monoisotopic (exact) mass is 1440 g/mol. The molecule has 0 aliphatic carbocycles. The van der Waals surface area contributed by atoms with Crippen molar-refractivity contribution in [3.05, 3.63) is 235 Å². The molecule has 0 unspecified atom stereocenters. The van der Waals surface area contributed by atoms with Crippen molar-refractivity contribution >= 4 is 95.8 Å². The van der Waals surface area contributed by atoms with Crippen molar-refractivity contribution in [1.29, 1.82) is 0 Å². The Morgan fingerprint density at radius 2 is 0.905 bits per heavy atom. The van der Waals surface area contributed by atoms with Crippen LogP contribution in [-0.4, -0.2) is 49.6 Å². The van der Waals surface area contributed by atoms with Crippen LogP contribution in [0, 0.1) is 0 Å². The summed E-state index contributed by atoms with van der Waals surface area (Å²) < 4.78 is 173. The second-order valence-electron chi connectivity index (χ2n) is 19.6. The van der Waals surface area contributed by atoms with E-state index in [4.69, 9.17) is 24.6 Å². The minimum atomic E-state index is -4.65. The smallest absolute Gasteiger partial charge is 0.753 e. The number of alkyl halides is 12. The summed E-state index contributed by atoms with van der Waals surface area (Å²) in [5, 5.41) is 15.3. The van der Waals surface area contributed by atoms with Crippen LogP contribution < -0.4 is 5.10 Å². The standard InChI is InChI=1S/C45H26F9N3O6.C21H21F3N3S.CNS.Ru/c46-43(47,48)33-7-1-30(2-8-33)40(61-24-58)21-27-13-15-55-36(17-27)38-19-29(23-42(63-26-60)32-5-11-35(12-6-32)45(52,53)54)20-39(57-38)37-18-28(14-16-56-37)22-41(62-25-59)31-3-9-34(10-4-31)44(49,50)51;1-2-3-4-5-6-16-9-10-17(28-16)8-7-15-11-12-25-18(13-15)19-14-20(27-26-19)21(22,23)24;2-1-3;/h1-26H;7-14H,2-6H2,1H3;;/q;2*-1;+2/b40-21+,41-22+,42-23+;8-7+;;. The second-order valence-corrected chi connectivity index (χ2v) is 21.0. The van der Waals surface area contributed by atoms with Gasteiger partial charge >= 0.3 is 44.2 Å². The summed E-state index contributed by atoms with van der Waals surface area (Å²) in [5.74, 6) is -0.399. The fraction of sp³-hybridized carbons (Fsp3) is 0.149. The van der Waals surface area contributed by atoms with Crippen LogP contribution in [0.5, 0.6) is 0 Å². The number of halogens is 12. The van der Waals surface area contributed by atoms with E-state index in [1.807, 2.05) is 12.2 Å². The Kier molecular flexibility index (Phi) is 26.8. The third kappa shape index (κ3) is 22.1. The number of carbonyl (C=O) groups is 3. The Balaban J connectivity index is 0.000000371. The fourth-order valence-corrected chi connectivity index (χ4v) is 9.62. The summed E-state index contributed by atoms with van der Waals surface area (Å²) in [6, 6.07) is 29.2. The number of aryl methyl sites for hydroxylation is 1. The molecule has 28 heteroatoms. The molecular weight excluding hydrogens is 1390 g/mol. The van der Waals surface area contributed by atoms with Gasteiger partial charge in [-0.15, -0.1) is 11.3 Å². The van der Waals surface area contributed by atoms with E-state index in [1.165, 1.54) is 103 Å². The molecule has 0 aliphatic rings. The van der Waals surface area contributed by atoms with Crippen molar-refractivity contribution in [3.63, 3.8) is 0 Å². The Hall–Kier alpha value is -9.88. The maximum absolute atomic E-state index is 13.3. The number of thiophene rings is 1. The van der Waals surface area contributed by atoms with E-state index in [9.17, 15) is 67.1 Å². The van der Waals surface area contributed by atoms with Crippen LogP contribution in [0.3, 0.4) is 0 Å². The Morgan fingerprint density at radius 1 is 0.505 bits per heavy atom. The maximum atomic E-state index is 13.3. The van der Waals surface area contributed by atoms with Crippen LogP contribution in [0.4, 0.5) is 52.7 Å². The van der Waals surface area contributed by atoms with Gasteiger partial charge in [-0.1, -0.05) is 86.6 Å². The molecule has 490 valence electrons. The predicted molar refractivity (Wildman–Crippen MR) is 333 cm³/mol. The molecule has 0 fully saturated rings. The van der Waals surface area contributed by atoms with Gasteiger partial charge in [-0.05, 0) is 163 Å². The number of aromatic nitrogens is 6. The molecule has 3 aromatic carbocycles. The quantitative estimate of drug-likeness (QED) is 0.00915. The zero-order valence-electron chi connectivity index (χ0n) is 49.0. The summed E-state index contributed by atoms with van der Waals surface area (Å²) in [7, 11) is 0. The molecule has 0 saturated heterocycles. The van der Waals surface area contributed by atoms with Crippen LogP contribution in [-0.2, 0) is 79.2 Å². The number of carbonyl (C=O) groups excluding carboxylic acids is 3. The van der Waals surface area contributed by atoms with Gasteiger partial charge in [0.1, 0.15) is 23.0 Å². The number of isothiocyanates is 1. The van der Waals surface area contributed by atoms with Crippen molar-refractivity contribution in [2.24, 2.45) is 0 Å². The van der Waals surface area contributed by atoms with Crippen molar-refractivity contribution in [3.8, 4) is 34.2 Å². The van der Waals surface area contributed by atoms with Gasteiger partial charge in [0, 0.05) is 50.7 Å². The molecule has 0 N–H and O–H groups in total. The van der Waals surface area contributed by atoms with Crippen LogP contribution in [0.25, 0.3) is 87.2 Å². The molecule has 9 aromatic rings. The summed E-state index contributed by atoms with van der Waals surface area (Å²) in [5.41, 5.74) is -0.583. The van der Waals surface area contributed by atoms with E-state index in [2.05, 4.69) is 56.4 Å². The van der Waals surface area contributed by atoms with Crippen molar-refractivity contribution < 1.29 is 101 Å². The zero-order valence-corrected chi connectivity index (χ0v) is 52.3. The predicted octanol–water partition coefficient (Wildman–Crippen LogP) is 18.4. The number of rotatable bonds is 22. The van der Waals surface area contributed by atoms with Crippen LogP contribution in [0.1, 0.15) is 104 Å². The van der Waals surface area contributed by atoms with E-state index in [0.29, 0.717) is 16.8 Å². The molecular formula is C67H47F12N7O6RuS2. The van der Waals surface area contributed by atoms with Gasteiger partial charge in [-0.25, -0.2) is 4.98 Å². The summed E-state index contributed by atoms with van der Waals surface area (Å²) in [6.07, 6.45) is 0.0000452. The van der Waals surface area contributed by atoms with E-state index in [0.717, 1.165) is 95.7 Å². The molecule has 0 amide bonds. The third-order valence-electron chi connectivity index (χ3n) is 13.1. The Bertz CT molecular complexity index is 4080. The maximum Gasteiger partial charge on any atom is 2.00 e. The number of benzene rings is 3. The first-order valence-corrected chi connectivity index (χ1v) is 28.8. The van der Waals surface area contributed by atoms with Crippen LogP contribution in [0.15, 0.2) is 158 Å². The van der Waals surface area contributed by atoms with Gasteiger partial charge in [-0.2, -0.15) is 57.8 Å². The van der Waals surface area contributed by atoms with E-state index >= 15 is 0 Å². The topological polar surface area (TPSA) is 180 Å². The number of unbranched alkanes of at least 4 members (excludes halogenated alkanes) is 3. The fourth-order valence-electron chi connectivity index (χ4n) is 8.66. The average molecular weight is 1440 g/mol. The number of hydrogen-bond acceptors (Lipinski definition) is 13. The molecule has 6 heterocycles. The summed E-state index contributed by atoms with van der Waals surface area (Å²) in [4.78, 5) is 54.6. The van der Waals surface area contributed by atoms with Crippen LogP contribution >= 0.6 is 23.6 Å². The van der Waals surface area contributed by atoms with Gasteiger partial charge < -0.3 is 29.8 Å². The van der Waals surface area contributed by atoms with Gasteiger partial charge in [0.25, 0.3) is 19.4 Å². The van der Waals surface area contributed by atoms with Crippen molar-refractivity contribution in [2.45, 2.75) is 63.7 Å². The molecule has 9 rings (SSSR count). The first-order chi connectivity index (χ1) is 44.8. The van der Waals surface area contributed by atoms with E-state index in [-0.39, 0.29) is 107 Å². The number of hydrogen-bond donors (Lipinski definition) is 0. The first-order valence-electron chi connectivity index (χ1n) is 27.6. The molecule has 13 nitrogen and oxygen atoms in total. The largest absolute Gasteiger partial charge is 2.00 e. The summed E-state index contributed by atoms with van der Waals surface area (Å²) in [6.45, 7) is 2.47. The third-order valence-corrected chi connectivity index (χ3v) is 14.2.